The van der Waals surface area contributed by atoms with Gasteiger partial charge in [0.15, 0.2) is 11.9 Å². The number of nitro groups is 1. The van der Waals surface area contributed by atoms with Gasteiger partial charge in [-0.15, -0.1) is 0 Å². The molecule has 1 atom stereocenters. The minimum Gasteiger partial charge on any atom is -0.494 e. The second kappa shape index (κ2) is 10.6. The van der Waals surface area contributed by atoms with Gasteiger partial charge in [0, 0.05) is 11.6 Å². The summed E-state index contributed by atoms with van der Waals surface area (Å²) in [7, 11) is 0. The van der Waals surface area contributed by atoms with Crippen molar-refractivity contribution >= 4 is 17.5 Å². The fraction of sp³-hybridized carbons (Fsp3) is 0.300. The summed E-state index contributed by atoms with van der Waals surface area (Å²) < 4.78 is 16.0. The van der Waals surface area contributed by atoms with Crippen LogP contribution in [0.5, 0.6) is 17.2 Å². The minimum atomic E-state index is -0.905. The van der Waals surface area contributed by atoms with E-state index < -0.39 is 22.8 Å². The highest BCUT2D eigenvalue weighted by Crippen LogP contribution is 2.27. The van der Waals surface area contributed by atoms with E-state index in [4.69, 9.17) is 14.2 Å². The van der Waals surface area contributed by atoms with Gasteiger partial charge in [-0.2, -0.15) is 0 Å². The maximum atomic E-state index is 12.2. The van der Waals surface area contributed by atoms with Crippen molar-refractivity contribution < 1.29 is 28.7 Å². The van der Waals surface area contributed by atoms with Crippen LogP contribution in [0.2, 0.25) is 0 Å². The van der Waals surface area contributed by atoms with Crippen molar-refractivity contribution in [3.63, 3.8) is 0 Å². The van der Waals surface area contributed by atoms with Gasteiger partial charge in [0.2, 0.25) is 0 Å². The monoisotopic (exact) mass is 417 g/mol. The second-order valence-electron chi connectivity index (χ2n) is 5.98. The molecule has 0 aromatic heterocycles. The van der Waals surface area contributed by atoms with E-state index >= 15 is 0 Å². The van der Waals surface area contributed by atoms with Crippen LogP contribution >= 0.6 is 0 Å². The Kier molecular flexibility index (Phi) is 7.98. The van der Waals surface area contributed by atoms with E-state index in [-0.39, 0.29) is 23.6 Å². The Labute approximate surface area is 173 Å². The van der Waals surface area contributed by atoms with Crippen molar-refractivity contribution in [1.29, 1.82) is 0 Å². The van der Waals surface area contributed by atoms with Crippen LogP contribution in [-0.4, -0.2) is 36.1 Å². The quantitative estimate of drug-likeness (QED) is 0.474. The molecule has 2 aromatic rings. The van der Waals surface area contributed by atoms with Gasteiger partial charge >= 0.3 is 5.69 Å². The molecular formula is C20H23N3O7. The van der Waals surface area contributed by atoms with E-state index in [1.165, 1.54) is 19.1 Å². The van der Waals surface area contributed by atoms with E-state index in [1.54, 1.807) is 31.2 Å². The summed E-state index contributed by atoms with van der Waals surface area (Å²) in [6, 6.07) is 10.5. The molecule has 0 aliphatic rings. The molecule has 0 fully saturated rings. The number of nitro benzene ring substituents is 1. The normalized spacial score (nSPS) is 11.2. The predicted octanol–water partition coefficient (Wildman–Crippen LogP) is 2.62. The smallest absolute Gasteiger partial charge is 0.311 e. The Morgan fingerprint density at radius 2 is 1.63 bits per heavy atom. The lowest BCUT2D eigenvalue weighted by molar-refractivity contribution is -0.385. The van der Waals surface area contributed by atoms with Gasteiger partial charge in [-0.1, -0.05) is 0 Å². The Hall–Kier alpha value is -3.82. The van der Waals surface area contributed by atoms with Crippen LogP contribution in [0.25, 0.3) is 0 Å². The number of nitrogens with zero attached hydrogens (tertiary/aromatic N) is 1. The summed E-state index contributed by atoms with van der Waals surface area (Å²) in [4.78, 5) is 34.9. The molecule has 0 aliphatic carbocycles. The molecule has 10 nitrogen and oxygen atoms in total. The zero-order valence-electron chi connectivity index (χ0n) is 16.8. The van der Waals surface area contributed by atoms with Crippen LogP contribution < -0.4 is 25.1 Å². The average molecular weight is 417 g/mol. The molecule has 0 bridgehead atoms. The predicted molar refractivity (Wildman–Crippen MR) is 108 cm³/mol. The lowest BCUT2D eigenvalue weighted by atomic mass is 10.2. The van der Waals surface area contributed by atoms with E-state index in [0.29, 0.717) is 18.1 Å². The van der Waals surface area contributed by atoms with Gasteiger partial charge < -0.3 is 14.2 Å². The second-order valence-corrected chi connectivity index (χ2v) is 5.98. The third-order valence-electron chi connectivity index (χ3n) is 3.83. The fourth-order valence-corrected chi connectivity index (χ4v) is 2.41. The lowest BCUT2D eigenvalue weighted by Crippen LogP contribution is -2.47. The highest BCUT2D eigenvalue weighted by molar-refractivity contribution is 5.96. The van der Waals surface area contributed by atoms with Gasteiger partial charge in [-0.3, -0.25) is 30.6 Å². The van der Waals surface area contributed by atoms with Crippen molar-refractivity contribution in [3.05, 3.63) is 58.1 Å². The molecule has 2 amide bonds. The van der Waals surface area contributed by atoms with E-state index in [9.17, 15) is 19.7 Å². The number of ether oxygens (including phenoxy) is 3. The first-order chi connectivity index (χ1) is 14.3. The maximum Gasteiger partial charge on any atom is 0.311 e. The van der Waals surface area contributed by atoms with Gasteiger partial charge in [0.25, 0.3) is 11.8 Å². The molecule has 160 valence electrons. The number of carbonyl (C=O) groups excluding carboxylic acids is 2. The number of nitrogens with one attached hydrogen (secondary N) is 2. The molecule has 2 aromatic carbocycles. The Morgan fingerprint density at radius 1 is 1.00 bits per heavy atom. The molecule has 0 heterocycles. The number of rotatable bonds is 9. The largest absolute Gasteiger partial charge is 0.494 e. The van der Waals surface area contributed by atoms with Crippen molar-refractivity contribution in [2.24, 2.45) is 0 Å². The Morgan fingerprint density at radius 3 is 2.23 bits per heavy atom. The van der Waals surface area contributed by atoms with Crippen LogP contribution in [0.15, 0.2) is 42.5 Å². The SMILES string of the molecule is CCOc1ccc(O[C@@H](C)C(=O)NNC(=O)c2ccc(OCC)c([N+](=O)[O-])c2)cc1. The van der Waals surface area contributed by atoms with Gasteiger partial charge in [0.05, 0.1) is 18.1 Å². The van der Waals surface area contributed by atoms with E-state index in [1.807, 2.05) is 6.92 Å². The number of hydrogen-bond acceptors (Lipinski definition) is 7. The number of hydrogen-bond donors (Lipinski definition) is 2. The molecule has 2 N–H and O–H groups in total. The average Bonchev–Trinajstić information content (AvgIpc) is 2.73. The molecule has 0 saturated heterocycles. The van der Waals surface area contributed by atoms with Gasteiger partial charge in [-0.05, 0) is 57.2 Å². The summed E-state index contributed by atoms with van der Waals surface area (Å²) in [5.41, 5.74) is 4.09. The van der Waals surface area contributed by atoms with Crippen LogP contribution in [0.4, 0.5) is 5.69 Å². The standard InChI is InChI=1S/C20H23N3O7/c1-4-28-15-7-9-16(10-8-15)30-13(3)19(24)21-22-20(25)14-6-11-18(29-5-2)17(12-14)23(26)27/h6-13H,4-5H2,1-3H3,(H,21,24)(H,22,25)/t13-/m0/s1. The molecular weight excluding hydrogens is 394 g/mol. The number of hydrazine groups is 1. The molecule has 0 radical (unpaired) electrons. The maximum absolute atomic E-state index is 12.2. The molecule has 30 heavy (non-hydrogen) atoms. The van der Waals surface area contributed by atoms with Crippen molar-refractivity contribution in [2.45, 2.75) is 26.9 Å². The third kappa shape index (κ3) is 6.09. The van der Waals surface area contributed by atoms with Crippen LogP contribution in [0.3, 0.4) is 0 Å². The highest BCUT2D eigenvalue weighted by Gasteiger charge is 2.20. The molecule has 0 saturated carbocycles. The zero-order valence-corrected chi connectivity index (χ0v) is 16.8. The molecule has 2 rings (SSSR count). The number of benzene rings is 2. The highest BCUT2D eigenvalue weighted by atomic mass is 16.6. The van der Waals surface area contributed by atoms with Crippen molar-refractivity contribution in [3.8, 4) is 17.2 Å². The molecule has 10 heteroatoms. The van der Waals surface area contributed by atoms with Gasteiger partial charge in [0.1, 0.15) is 11.5 Å². The molecule has 0 spiro atoms. The summed E-state index contributed by atoms with van der Waals surface area (Å²) in [5.74, 6) is -0.130. The summed E-state index contributed by atoms with van der Waals surface area (Å²) >= 11 is 0. The molecule has 0 unspecified atom stereocenters. The summed E-state index contributed by atoms with van der Waals surface area (Å²) in [6.45, 7) is 5.86. The Balaban J connectivity index is 1.94. The van der Waals surface area contributed by atoms with Crippen molar-refractivity contribution in [2.75, 3.05) is 13.2 Å². The summed E-state index contributed by atoms with van der Waals surface area (Å²) in [5, 5.41) is 11.2. The van der Waals surface area contributed by atoms with E-state index in [2.05, 4.69) is 10.9 Å². The zero-order chi connectivity index (χ0) is 22.1. The van der Waals surface area contributed by atoms with Gasteiger partial charge in [-0.25, -0.2) is 0 Å². The fourth-order valence-electron chi connectivity index (χ4n) is 2.41. The van der Waals surface area contributed by atoms with Crippen LogP contribution in [-0.2, 0) is 4.79 Å². The summed E-state index contributed by atoms with van der Waals surface area (Å²) in [6.07, 6.45) is -0.905. The first-order valence-electron chi connectivity index (χ1n) is 9.26. The number of amides is 2. The van der Waals surface area contributed by atoms with Crippen LogP contribution in [0, 0.1) is 10.1 Å². The first kappa shape index (κ1) is 22.5. The third-order valence-corrected chi connectivity index (χ3v) is 3.83. The number of carbonyl (C=O) groups is 2. The topological polar surface area (TPSA) is 129 Å². The first-order valence-corrected chi connectivity index (χ1v) is 9.26. The lowest BCUT2D eigenvalue weighted by Gasteiger charge is -2.15. The van der Waals surface area contributed by atoms with Crippen molar-refractivity contribution in [1.82, 2.24) is 10.9 Å². The van der Waals surface area contributed by atoms with E-state index in [0.717, 1.165) is 6.07 Å². The molecule has 0 aliphatic heterocycles. The minimum absolute atomic E-state index is 0.00876. The Bertz CT molecular complexity index is 900. The van der Waals surface area contributed by atoms with Crippen LogP contribution in [0.1, 0.15) is 31.1 Å².